The monoisotopic (exact) mass is 209 g/mol. The van der Waals surface area contributed by atoms with Crippen LogP contribution in [0.2, 0.25) is 0 Å². The van der Waals surface area contributed by atoms with Gasteiger partial charge in [-0.25, -0.2) is 0 Å². The van der Waals surface area contributed by atoms with Gasteiger partial charge in [-0.3, -0.25) is 0 Å². The molecule has 0 atom stereocenters. The van der Waals surface area contributed by atoms with Gasteiger partial charge in [-0.15, -0.1) is 0 Å². The average Bonchev–Trinajstić information content (AvgIpc) is 2.51. The third-order valence-corrected chi connectivity index (χ3v) is 3.45. The Morgan fingerprint density at radius 3 is 2.47 bits per heavy atom. The zero-order valence-electron chi connectivity index (χ0n) is 10.3. The number of hydrogen-bond acceptors (Lipinski definition) is 2. The highest BCUT2D eigenvalue weighted by Crippen LogP contribution is 2.33. The molecule has 0 aromatic rings. The van der Waals surface area contributed by atoms with Crippen molar-refractivity contribution in [1.82, 2.24) is 0 Å². The Bertz CT molecular complexity index is 233. The van der Waals surface area contributed by atoms with Crippen LogP contribution in [0.5, 0.6) is 0 Å². The number of rotatable bonds is 5. The van der Waals surface area contributed by atoms with E-state index in [0.29, 0.717) is 6.42 Å². The summed E-state index contributed by atoms with van der Waals surface area (Å²) in [5, 5.41) is 8.67. The maximum Gasteiger partial charge on any atom is 0.0654 e. The Morgan fingerprint density at radius 2 is 1.93 bits per heavy atom. The molecule has 1 fully saturated rings. The molecular weight excluding hydrogens is 186 g/mol. The van der Waals surface area contributed by atoms with Crippen LogP contribution in [-0.2, 0) is 4.74 Å². The van der Waals surface area contributed by atoms with E-state index in [1.807, 2.05) is 0 Å². The van der Waals surface area contributed by atoms with Gasteiger partial charge in [-0.2, -0.15) is 5.26 Å². The van der Waals surface area contributed by atoms with Crippen molar-refractivity contribution in [2.45, 2.75) is 64.9 Å². The van der Waals surface area contributed by atoms with Crippen LogP contribution in [0.4, 0.5) is 0 Å². The first-order chi connectivity index (χ1) is 6.97. The fraction of sp³-hybridized carbons (Fsp3) is 0.923. The molecule has 1 aliphatic rings. The zero-order valence-corrected chi connectivity index (χ0v) is 10.3. The number of nitrogens with zero attached hydrogens (tertiary/aromatic N) is 1. The van der Waals surface area contributed by atoms with Crippen molar-refractivity contribution in [1.29, 1.82) is 5.26 Å². The summed E-state index contributed by atoms with van der Waals surface area (Å²) in [6, 6.07) is 2.24. The van der Waals surface area contributed by atoms with Gasteiger partial charge in [0.15, 0.2) is 0 Å². The van der Waals surface area contributed by atoms with Gasteiger partial charge in [0, 0.05) is 13.0 Å². The quantitative estimate of drug-likeness (QED) is 0.692. The lowest BCUT2D eigenvalue weighted by Crippen LogP contribution is -2.26. The first-order valence-electron chi connectivity index (χ1n) is 5.98. The van der Waals surface area contributed by atoms with Crippen molar-refractivity contribution in [3.05, 3.63) is 0 Å². The highest BCUT2D eigenvalue weighted by atomic mass is 16.5. The standard InChI is InChI=1S/C13H23NO/c1-12(2,8-10-14)9-11-15-13(3)6-4-5-7-13/h4-9,11H2,1-3H3. The van der Waals surface area contributed by atoms with Crippen molar-refractivity contribution in [2.24, 2.45) is 5.41 Å². The number of ether oxygens (including phenoxy) is 1. The van der Waals surface area contributed by atoms with Gasteiger partial charge in [0.05, 0.1) is 11.7 Å². The van der Waals surface area contributed by atoms with E-state index >= 15 is 0 Å². The molecule has 1 saturated carbocycles. The summed E-state index contributed by atoms with van der Waals surface area (Å²) in [6.07, 6.45) is 6.61. The van der Waals surface area contributed by atoms with Gasteiger partial charge >= 0.3 is 0 Å². The molecule has 1 aliphatic carbocycles. The Balaban J connectivity index is 2.24. The van der Waals surface area contributed by atoms with Gasteiger partial charge in [0.1, 0.15) is 0 Å². The third kappa shape index (κ3) is 4.22. The van der Waals surface area contributed by atoms with Crippen molar-refractivity contribution in [2.75, 3.05) is 6.61 Å². The molecule has 0 bridgehead atoms. The Labute approximate surface area is 93.6 Å². The smallest absolute Gasteiger partial charge is 0.0654 e. The third-order valence-electron chi connectivity index (χ3n) is 3.45. The predicted octanol–water partition coefficient (Wildman–Crippen LogP) is 3.67. The Kier molecular flexibility index (Phi) is 4.16. The second-order valence-corrected chi connectivity index (χ2v) is 5.75. The molecule has 0 spiro atoms. The van der Waals surface area contributed by atoms with Crippen LogP contribution in [0, 0.1) is 16.7 Å². The molecule has 0 amide bonds. The average molecular weight is 209 g/mol. The fourth-order valence-electron chi connectivity index (χ4n) is 2.14. The van der Waals surface area contributed by atoms with Gasteiger partial charge in [-0.05, 0) is 31.6 Å². The first-order valence-corrected chi connectivity index (χ1v) is 5.98. The van der Waals surface area contributed by atoms with Crippen molar-refractivity contribution >= 4 is 0 Å². The van der Waals surface area contributed by atoms with Crippen molar-refractivity contribution < 1.29 is 4.74 Å². The summed E-state index contributed by atoms with van der Waals surface area (Å²) in [5.74, 6) is 0. The van der Waals surface area contributed by atoms with Gasteiger partial charge in [-0.1, -0.05) is 26.7 Å². The first kappa shape index (κ1) is 12.5. The van der Waals surface area contributed by atoms with Gasteiger partial charge < -0.3 is 4.74 Å². The van der Waals surface area contributed by atoms with Crippen LogP contribution in [0.25, 0.3) is 0 Å². The van der Waals surface area contributed by atoms with E-state index in [2.05, 4.69) is 26.8 Å². The van der Waals surface area contributed by atoms with Crippen LogP contribution in [0.3, 0.4) is 0 Å². The number of hydrogen-bond donors (Lipinski definition) is 0. The molecule has 2 nitrogen and oxygen atoms in total. The summed E-state index contributed by atoms with van der Waals surface area (Å²) >= 11 is 0. The lowest BCUT2D eigenvalue weighted by molar-refractivity contribution is -0.0365. The van der Waals surface area contributed by atoms with E-state index < -0.39 is 0 Å². The number of nitriles is 1. The highest BCUT2D eigenvalue weighted by Gasteiger charge is 2.30. The Hall–Kier alpha value is -0.550. The molecule has 0 radical (unpaired) electrons. The van der Waals surface area contributed by atoms with Crippen molar-refractivity contribution in [3.63, 3.8) is 0 Å². The maximum absolute atomic E-state index is 8.67. The Morgan fingerprint density at radius 1 is 1.33 bits per heavy atom. The molecular formula is C13H23NO. The summed E-state index contributed by atoms with van der Waals surface area (Å²) < 4.78 is 5.96. The minimum atomic E-state index is 0.101. The molecule has 0 aromatic carbocycles. The molecule has 15 heavy (non-hydrogen) atoms. The molecule has 0 heterocycles. The van der Waals surface area contributed by atoms with Crippen LogP contribution >= 0.6 is 0 Å². The second-order valence-electron chi connectivity index (χ2n) is 5.75. The lowest BCUT2D eigenvalue weighted by Gasteiger charge is -2.27. The topological polar surface area (TPSA) is 33.0 Å². The summed E-state index contributed by atoms with van der Waals surface area (Å²) in [4.78, 5) is 0. The van der Waals surface area contributed by atoms with E-state index in [0.717, 1.165) is 13.0 Å². The lowest BCUT2D eigenvalue weighted by atomic mass is 9.87. The minimum absolute atomic E-state index is 0.101. The molecule has 0 aromatic heterocycles. The van der Waals surface area contributed by atoms with Crippen LogP contribution in [0.15, 0.2) is 0 Å². The van der Waals surface area contributed by atoms with E-state index in [4.69, 9.17) is 10.00 Å². The minimum Gasteiger partial charge on any atom is -0.375 e. The summed E-state index contributed by atoms with van der Waals surface area (Å²) in [6.45, 7) is 7.29. The van der Waals surface area contributed by atoms with Gasteiger partial charge in [0.2, 0.25) is 0 Å². The van der Waals surface area contributed by atoms with E-state index in [1.165, 1.54) is 25.7 Å². The molecule has 0 N–H and O–H groups in total. The zero-order chi connectivity index (χ0) is 11.4. The van der Waals surface area contributed by atoms with E-state index in [1.54, 1.807) is 0 Å². The summed E-state index contributed by atoms with van der Waals surface area (Å²) in [5.41, 5.74) is 0.229. The SMILES string of the molecule is CC(C)(CC#N)CCOC1(C)CCCC1. The van der Waals surface area contributed by atoms with Crippen LogP contribution in [0.1, 0.15) is 59.3 Å². The molecule has 86 valence electrons. The molecule has 0 saturated heterocycles. The van der Waals surface area contributed by atoms with Crippen LogP contribution in [-0.4, -0.2) is 12.2 Å². The molecule has 0 aliphatic heterocycles. The fourth-order valence-corrected chi connectivity index (χ4v) is 2.14. The highest BCUT2D eigenvalue weighted by molar-refractivity contribution is 4.84. The maximum atomic E-state index is 8.67. The van der Waals surface area contributed by atoms with E-state index in [-0.39, 0.29) is 11.0 Å². The summed E-state index contributed by atoms with van der Waals surface area (Å²) in [7, 11) is 0. The molecule has 0 unspecified atom stereocenters. The van der Waals surface area contributed by atoms with Crippen molar-refractivity contribution in [3.8, 4) is 6.07 Å². The van der Waals surface area contributed by atoms with Gasteiger partial charge in [0.25, 0.3) is 0 Å². The normalized spacial score (nSPS) is 20.1. The van der Waals surface area contributed by atoms with E-state index in [9.17, 15) is 0 Å². The predicted molar refractivity (Wildman–Crippen MR) is 61.5 cm³/mol. The molecule has 1 rings (SSSR count). The largest absolute Gasteiger partial charge is 0.375 e. The van der Waals surface area contributed by atoms with Crippen LogP contribution < -0.4 is 0 Å². The molecule has 2 heteroatoms. The second kappa shape index (κ2) is 4.99.